The molecule has 0 unspecified atom stereocenters. The lowest BCUT2D eigenvalue weighted by Gasteiger charge is -2.13. The molecule has 0 spiro atoms. The Morgan fingerprint density at radius 2 is 1.90 bits per heavy atom. The van der Waals surface area contributed by atoms with Gasteiger partial charge in [-0.05, 0) is 49.1 Å². The van der Waals surface area contributed by atoms with Gasteiger partial charge in [-0.15, -0.1) is 11.3 Å². The van der Waals surface area contributed by atoms with Gasteiger partial charge in [-0.2, -0.15) is 0 Å². The third kappa shape index (κ3) is 6.76. The fourth-order valence-corrected chi connectivity index (χ4v) is 3.14. The maximum atomic E-state index is 12.6. The third-order valence-electron chi connectivity index (χ3n) is 3.89. The van der Waals surface area contributed by atoms with Gasteiger partial charge >= 0.3 is 5.97 Å². The Morgan fingerprint density at radius 3 is 2.48 bits per heavy atom. The number of carbonyl (C=O) groups excluding carboxylic acids is 3. The largest absolute Gasteiger partial charge is 0.497 e. The molecule has 2 aromatic rings. The highest BCUT2D eigenvalue weighted by Gasteiger charge is 2.19. The van der Waals surface area contributed by atoms with E-state index in [2.05, 4.69) is 10.6 Å². The van der Waals surface area contributed by atoms with Crippen molar-refractivity contribution in [1.29, 1.82) is 0 Å². The van der Waals surface area contributed by atoms with Gasteiger partial charge < -0.3 is 20.1 Å². The Bertz CT molecular complexity index is 860. The minimum absolute atomic E-state index is 0.300. The molecule has 0 bridgehead atoms. The van der Waals surface area contributed by atoms with E-state index in [1.807, 2.05) is 23.6 Å². The summed E-state index contributed by atoms with van der Waals surface area (Å²) in [6, 6.07) is 10.1. The summed E-state index contributed by atoms with van der Waals surface area (Å²) in [6.45, 7) is 3.34. The molecule has 1 heterocycles. The average molecular weight is 416 g/mol. The van der Waals surface area contributed by atoms with Crippen LogP contribution in [0.15, 0.2) is 41.8 Å². The quantitative estimate of drug-likeness (QED) is 0.484. The molecule has 0 aliphatic rings. The fourth-order valence-electron chi connectivity index (χ4n) is 2.41. The number of methoxy groups -OCH3 is 1. The first-order chi connectivity index (χ1) is 13.9. The average Bonchev–Trinajstić information content (AvgIpc) is 3.25. The molecule has 0 radical (unpaired) electrons. The second-order valence-corrected chi connectivity index (χ2v) is 7.02. The van der Waals surface area contributed by atoms with Crippen LogP contribution >= 0.6 is 11.3 Å². The van der Waals surface area contributed by atoms with E-state index >= 15 is 0 Å². The highest BCUT2D eigenvalue weighted by Crippen LogP contribution is 2.25. The predicted octanol–water partition coefficient (Wildman–Crippen LogP) is 2.48. The number of amides is 2. The summed E-state index contributed by atoms with van der Waals surface area (Å²) in [4.78, 5) is 37.0. The maximum absolute atomic E-state index is 12.6. The normalized spacial score (nSPS) is 12.0. The lowest BCUT2D eigenvalue weighted by Crippen LogP contribution is -2.46. The topological polar surface area (TPSA) is 93.7 Å². The van der Waals surface area contributed by atoms with Crippen LogP contribution in [0.2, 0.25) is 0 Å². The van der Waals surface area contributed by atoms with Gasteiger partial charge in [0, 0.05) is 11.4 Å². The minimum atomic E-state index is -0.715. The van der Waals surface area contributed by atoms with Crippen LogP contribution in [0.25, 0.3) is 11.6 Å². The molecule has 0 saturated heterocycles. The van der Waals surface area contributed by atoms with Crippen LogP contribution in [0.1, 0.15) is 24.3 Å². The Morgan fingerprint density at radius 1 is 1.17 bits per heavy atom. The molecular formula is C21H24N2O5S. The minimum Gasteiger partial charge on any atom is -0.497 e. The van der Waals surface area contributed by atoms with Crippen molar-refractivity contribution in [3.63, 3.8) is 0 Å². The predicted molar refractivity (Wildman–Crippen MR) is 112 cm³/mol. The number of carbonyl (C=O) groups is 3. The van der Waals surface area contributed by atoms with Crippen molar-refractivity contribution in [2.75, 3.05) is 20.3 Å². The lowest BCUT2D eigenvalue weighted by molar-refractivity contribution is -0.143. The molecule has 154 valence electrons. The number of hydrogen-bond acceptors (Lipinski definition) is 6. The highest BCUT2D eigenvalue weighted by atomic mass is 32.1. The van der Waals surface area contributed by atoms with E-state index in [0.717, 1.165) is 10.4 Å². The summed E-state index contributed by atoms with van der Waals surface area (Å²) in [5.41, 5.74) is 1.13. The molecule has 0 fully saturated rings. The van der Waals surface area contributed by atoms with Gasteiger partial charge in [0.2, 0.25) is 5.91 Å². The Kier molecular flexibility index (Phi) is 8.42. The van der Waals surface area contributed by atoms with Gasteiger partial charge in [0.05, 0.1) is 12.7 Å². The van der Waals surface area contributed by atoms with Crippen molar-refractivity contribution in [1.82, 2.24) is 10.6 Å². The van der Waals surface area contributed by atoms with Crippen LogP contribution < -0.4 is 15.4 Å². The molecule has 2 amide bonds. The molecule has 7 nitrogen and oxygen atoms in total. The van der Waals surface area contributed by atoms with E-state index in [1.54, 1.807) is 45.2 Å². The zero-order valence-corrected chi connectivity index (χ0v) is 17.4. The number of likely N-dealkylation sites (N-methyl/N-ethyl adjacent to an activating group) is 1. The summed E-state index contributed by atoms with van der Waals surface area (Å²) in [6.07, 6.45) is 1.70. The maximum Gasteiger partial charge on any atom is 0.340 e. The number of benzene rings is 1. The first-order valence-electron chi connectivity index (χ1n) is 9.08. The SMILES string of the molecule is CCNC(=O)[C@@H](C)NC(=O)COC(=O)/C(=C/c1ccc(OC)cc1)c1cccs1. The Balaban J connectivity index is 2.06. The number of thiophene rings is 1. The van der Waals surface area contributed by atoms with Gasteiger partial charge in [-0.1, -0.05) is 18.2 Å². The fraction of sp³-hybridized carbons (Fsp3) is 0.286. The van der Waals surface area contributed by atoms with Gasteiger partial charge in [0.1, 0.15) is 11.8 Å². The molecule has 1 aromatic carbocycles. The molecule has 0 aliphatic heterocycles. The van der Waals surface area contributed by atoms with Crippen LogP contribution in [-0.2, 0) is 19.1 Å². The van der Waals surface area contributed by atoms with E-state index in [-0.39, 0.29) is 5.91 Å². The number of hydrogen-bond donors (Lipinski definition) is 2. The van der Waals surface area contributed by atoms with Crippen LogP contribution in [0.5, 0.6) is 5.75 Å². The molecule has 2 N–H and O–H groups in total. The van der Waals surface area contributed by atoms with E-state index in [1.165, 1.54) is 11.3 Å². The third-order valence-corrected chi connectivity index (χ3v) is 4.79. The van der Waals surface area contributed by atoms with Gasteiger partial charge in [-0.25, -0.2) is 4.79 Å². The smallest absolute Gasteiger partial charge is 0.340 e. The first kappa shape index (κ1) is 22.2. The van der Waals surface area contributed by atoms with Crippen LogP contribution in [-0.4, -0.2) is 44.1 Å². The number of esters is 1. The van der Waals surface area contributed by atoms with Gasteiger partial charge in [-0.3, -0.25) is 9.59 Å². The molecule has 0 saturated carbocycles. The van der Waals surface area contributed by atoms with E-state index in [9.17, 15) is 14.4 Å². The monoisotopic (exact) mass is 416 g/mol. The first-order valence-corrected chi connectivity index (χ1v) is 9.96. The number of nitrogens with one attached hydrogen (secondary N) is 2. The Labute approximate surface area is 173 Å². The van der Waals surface area contributed by atoms with Crippen molar-refractivity contribution in [2.24, 2.45) is 0 Å². The van der Waals surface area contributed by atoms with Crippen molar-refractivity contribution in [3.05, 3.63) is 52.2 Å². The van der Waals surface area contributed by atoms with Crippen molar-refractivity contribution in [3.8, 4) is 5.75 Å². The second-order valence-electron chi connectivity index (χ2n) is 6.07. The highest BCUT2D eigenvalue weighted by molar-refractivity contribution is 7.11. The second kappa shape index (κ2) is 11.0. The number of rotatable bonds is 9. The molecule has 0 aliphatic carbocycles. The Hall–Kier alpha value is -3.13. The van der Waals surface area contributed by atoms with Crippen molar-refractivity contribution >= 4 is 40.8 Å². The zero-order chi connectivity index (χ0) is 21.2. The van der Waals surface area contributed by atoms with E-state index in [0.29, 0.717) is 17.9 Å². The van der Waals surface area contributed by atoms with Crippen molar-refractivity contribution in [2.45, 2.75) is 19.9 Å². The summed E-state index contributed by atoms with van der Waals surface area (Å²) in [5, 5.41) is 6.96. The van der Waals surface area contributed by atoms with Crippen molar-refractivity contribution < 1.29 is 23.9 Å². The molecule has 1 atom stereocenters. The van der Waals surface area contributed by atoms with Gasteiger partial charge in [0.25, 0.3) is 5.91 Å². The van der Waals surface area contributed by atoms with Crippen LogP contribution in [0.4, 0.5) is 0 Å². The zero-order valence-electron chi connectivity index (χ0n) is 16.6. The number of ether oxygens (including phenoxy) is 2. The van der Waals surface area contributed by atoms with Gasteiger partial charge in [0.15, 0.2) is 6.61 Å². The van der Waals surface area contributed by atoms with Crippen LogP contribution in [0.3, 0.4) is 0 Å². The molecule has 8 heteroatoms. The molecule has 2 rings (SSSR count). The standard InChI is InChI=1S/C21H24N2O5S/c1-4-22-20(25)14(2)23-19(24)13-28-21(26)17(18-6-5-11-29-18)12-15-7-9-16(27-3)10-8-15/h5-12,14H,4,13H2,1-3H3,(H,22,25)(H,23,24)/b17-12+/t14-/m1/s1. The summed E-state index contributed by atoms with van der Waals surface area (Å²) >= 11 is 1.39. The van der Waals surface area contributed by atoms with Crippen LogP contribution in [0, 0.1) is 0 Å². The molecule has 29 heavy (non-hydrogen) atoms. The molecule has 1 aromatic heterocycles. The summed E-state index contributed by atoms with van der Waals surface area (Å²) in [5.74, 6) is -0.762. The summed E-state index contributed by atoms with van der Waals surface area (Å²) in [7, 11) is 1.58. The summed E-state index contributed by atoms with van der Waals surface area (Å²) < 4.78 is 10.3. The lowest BCUT2D eigenvalue weighted by atomic mass is 10.1. The van der Waals surface area contributed by atoms with E-state index < -0.39 is 24.5 Å². The van der Waals surface area contributed by atoms with E-state index in [4.69, 9.17) is 9.47 Å². The molecular weight excluding hydrogens is 392 g/mol.